The minimum atomic E-state index is -0.737. The molecule has 1 aromatic carbocycles. The largest absolute Gasteiger partial charge is 0.473 e. The van der Waals surface area contributed by atoms with Gasteiger partial charge < -0.3 is 9.84 Å². The smallest absolute Gasteiger partial charge is 0.173 e. The van der Waals surface area contributed by atoms with Gasteiger partial charge in [-0.3, -0.25) is 10.5 Å². The number of nitrogens with two attached hydrogens (primary N) is 1. The topological polar surface area (TPSA) is 72.5 Å². The molecule has 4 heteroatoms. The van der Waals surface area contributed by atoms with E-state index in [9.17, 15) is 4.79 Å². The van der Waals surface area contributed by atoms with Crippen LogP contribution in [0.1, 0.15) is 19.4 Å². The highest BCUT2D eigenvalue weighted by Crippen LogP contribution is 2.14. The SMILES string of the molecule is CC(=O)Cc1ccc(OC(N)C(C)O)cc1. The Labute approximate surface area is 95.0 Å². The fourth-order valence-corrected chi connectivity index (χ4v) is 1.23. The summed E-state index contributed by atoms with van der Waals surface area (Å²) in [6, 6.07) is 7.10. The molecule has 0 aromatic heterocycles. The lowest BCUT2D eigenvalue weighted by Gasteiger charge is -2.16. The van der Waals surface area contributed by atoms with Gasteiger partial charge in [-0.05, 0) is 31.5 Å². The van der Waals surface area contributed by atoms with Crippen LogP contribution < -0.4 is 10.5 Å². The third kappa shape index (κ3) is 4.00. The van der Waals surface area contributed by atoms with Crippen molar-refractivity contribution >= 4 is 5.78 Å². The normalized spacial score (nSPS) is 14.2. The Morgan fingerprint density at radius 1 is 1.44 bits per heavy atom. The number of Topliss-reactive ketones (excluding diaryl/α,β-unsaturated/α-hetero) is 1. The molecule has 0 amide bonds. The quantitative estimate of drug-likeness (QED) is 0.726. The van der Waals surface area contributed by atoms with Gasteiger partial charge in [-0.25, -0.2) is 0 Å². The second kappa shape index (κ2) is 5.63. The first kappa shape index (κ1) is 12.7. The first-order valence-corrected chi connectivity index (χ1v) is 5.17. The summed E-state index contributed by atoms with van der Waals surface area (Å²) in [5, 5.41) is 9.16. The first-order valence-electron chi connectivity index (χ1n) is 5.17. The Balaban J connectivity index is 2.61. The van der Waals surface area contributed by atoms with E-state index in [0.717, 1.165) is 5.56 Å². The van der Waals surface area contributed by atoms with Crippen molar-refractivity contribution in [1.82, 2.24) is 0 Å². The van der Waals surface area contributed by atoms with E-state index in [-0.39, 0.29) is 5.78 Å². The third-order valence-electron chi connectivity index (χ3n) is 2.12. The van der Waals surface area contributed by atoms with E-state index in [0.29, 0.717) is 12.2 Å². The summed E-state index contributed by atoms with van der Waals surface area (Å²) in [5.74, 6) is 0.704. The second-order valence-electron chi connectivity index (χ2n) is 3.85. The van der Waals surface area contributed by atoms with Gasteiger partial charge in [0.25, 0.3) is 0 Å². The van der Waals surface area contributed by atoms with Gasteiger partial charge in [0.15, 0.2) is 6.23 Å². The molecule has 0 fully saturated rings. The number of rotatable bonds is 5. The van der Waals surface area contributed by atoms with E-state index in [4.69, 9.17) is 15.6 Å². The third-order valence-corrected chi connectivity index (χ3v) is 2.12. The molecule has 0 saturated carbocycles. The predicted molar refractivity (Wildman–Crippen MR) is 61.1 cm³/mol. The summed E-state index contributed by atoms with van der Waals surface area (Å²) < 4.78 is 5.28. The van der Waals surface area contributed by atoms with Crippen LogP contribution >= 0.6 is 0 Å². The van der Waals surface area contributed by atoms with E-state index < -0.39 is 12.3 Å². The van der Waals surface area contributed by atoms with Crippen molar-refractivity contribution < 1.29 is 14.6 Å². The second-order valence-corrected chi connectivity index (χ2v) is 3.85. The molecule has 16 heavy (non-hydrogen) atoms. The van der Waals surface area contributed by atoms with E-state index in [1.165, 1.54) is 0 Å². The summed E-state index contributed by atoms with van der Waals surface area (Å²) in [6.45, 7) is 3.11. The minimum absolute atomic E-state index is 0.120. The molecule has 0 aliphatic rings. The van der Waals surface area contributed by atoms with Gasteiger partial charge in [0.1, 0.15) is 17.6 Å². The van der Waals surface area contributed by atoms with Crippen molar-refractivity contribution in [2.75, 3.05) is 0 Å². The Morgan fingerprint density at radius 3 is 2.44 bits per heavy atom. The number of ketones is 1. The Bertz CT molecular complexity index is 346. The van der Waals surface area contributed by atoms with Crippen molar-refractivity contribution in [3.63, 3.8) is 0 Å². The van der Waals surface area contributed by atoms with Crippen LogP contribution in [-0.2, 0) is 11.2 Å². The van der Waals surface area contributed by atoms with Gasteiger partial charge in [0.05, 0.1) is 0 Å². The molecule has 0 bridgehead atoms. The first-order chi connectivity index (χ1) is 7.49. The summed E-state index contributed by atoms with van der Waals surface area (Å²) in [6.07, 6.45) is -1.04. The number of hydrogen-bond acceptors (Lipinski definition) is 4. The number of aliphatic hydroxyl groups is 1. The summed E-state index contributed by atoms with van der Waals surface area (Å²) in [5.41, 5.74) is 6.48. The monoisotopic (exact) mass is 223 g/mol. The van der Waals surface area contributed by atoms with Crippen LogP contribution in [0.4, 0.5) is 0 Å². The lowest BCUT2D eigenvalue weighted by atomic mass is 10.1. The van der Waals surface area contributed by atoms with Crippen LogP contribution in [0.5, 0.6) is 5.75 Å². The molecule has 0 spiro atoms. The van der Waals surface area contributed by atoms with Crippen molar-refractivity contribution in [2.24, 2.45) is 5.73 Å². The summed E-state index contributed by atoms with van der Waals surface area (Å²) >= 11 is 0. The van der Waals surface area contributed by atoms with Crippen molar-refractivity contribution in [2.45, 2.75) is 32.6 Å². The number of benzene rings is 1. The maximum absolute atomic E-state index is 10.9. The maximum Gasteiger partial charge on any atom is 0.173 e. The number of carbonyl (C=O) groups is 1. The highest BCUT2D eigenvalue weighted by Gasteiger charge is 2.10. The van der Waals surface area contributed by atoms with E-state index in [2.05, 4.69) is 0 Å². The van der Waals surface area contributed by atoms with Crippen molar-refractivity contribution in [1.29, 1.82) is 0 Å². The Kier molecular flexibility index (Phi) is 4.46. The lowest BCUT2D eigenvalue weighted by molar-refractivity contribution is -0.116. The zero-order chi connectivity index (χ0) is 12.1. The molecule has 0 heterocycles. The highest BCUT2D eigenvalue weighted by atomic mass is 16.5. The standard InChI is InChI=1S/C12H17NO3/c1-8(14)7-10-3-5-11(6-4-10)16-12(13)9(2)15/h3-6,9,12,15H,7,13H2,1-2H3. The molecule has 0 aliphatic heterocycles. The number of aliphatic hydroxyl groups excluding tert-OH is 1. The van der Waals surface area contributed by atoms with Crippen LogP contribution in [0, 0.1) is 0 Å². The van der Waals surface area contributed by atoms with E-state index >= 15 is 0 Å². The summed E-state index contributed by atoms with van der Waals surface area (Å²) in [4.78, 5) is 10.9. The Morgan fingerprint density at radius 2 is 2.00 bits per heavy atom. The fourth-order valence-electron chi connectivity index (χ4n) is 1.23. The molecule has 0 aliphatic carbocycles. The number of ether oxygens (including phenoxy) is 1. The lowest BCUT2D eigenvalue weighted by Crippen LogP contribution is -2.37. The van der Waals surface area contributed by atoms with Gasteiger partial charge in [-0.15, -0.1) is 0 Å². The molecule has 4 nitrogen and oxygen atoms in total. The molecule has 88 valence electrons. The molecule has 0 saturated heterocycles. The molecule has 0 radical (unpaired) electrons. The number of hydrogen-bond donors (Lipinski definition) is 2. The zero-order valence-corrected chi connectivity index (χ0v) is 9.51. The van der Waals surface area contributed by atoms with Crippen LogP contribution in [0.2, 0.25) is 0 Å². The maximum atomic E-state index is 10.9. The average molecular weight is 223 g/mol. The molecular weight excluding hydrogens is 206 g/mol. The van der Waals surface area contributed by atoms with Crippen LogP contribution in [-0.4, -0.2) is 23.2 Å². The van der Waals surface area contributed by atoms with Crippen molar-refractivity contribution in [3.05, 3.63) is 29.8 Å². The predicted octanol–water partition coefficient (Wildman–Crippen LogP) is 0.863. The van der Waals surface area contributed by atoms with Gasteiger partial charge in [0, 0.05) is 6.42 Å². The van der Waals surface area contributed by atoms with Gasteiger partial charge in [-0.1, -0.05) is 12.1 Å². The van der Waals surface area contributed by atoms with Gasteiger partial charge in [0.2, 0.25) is 0 Å². The van der Waals surface area contributed by atoms with Crippen LogP contribution in [0.15, 0.2) is 24.3 Å². The highest BCUT2D eigenvalue weighted by molar-refractivity contribution is 5.78. The molecular formula is C12H17NO3. The van der Waals surface area contributed by atoms with Crippen molar-refractivity contribution in [3.8, 4) is 5.75 Å². The molecule has 1 rings (SSSR count). The Hall–Kier alpha value is -1.39. The molecule has 2 atom stereocenters. The number of carbonyl (C=O) groups excluding carboxylic acids is 1. The fraction of sp³-hybridized carbons (Fsp3) is 0.417. The van der Waals surface area contributed by atoms with Crippen LogP contribution in [0.3, 0.4) is 0 Å². The molecule has 1 aromatic rings. The molecule has 2 unspecified atom stereocenters. The van der Waals surface area contributed by atoms with E-state index in [1.54, 1.807) is 26.0 Å². The molecule has 3 N–H and O–H groups in total. The average Bonchev–Trinajstić information content (AvgIpc) is 2.20. The zero-order valence-electron chi connectivity index (χ0n) is 9.51. The van der Waals surface area contributed by atoms with E-state index in [1.807, 2.05) is 12.1 Å². The van der Waals surface area contributed by atoms with Crippen LogP contribution in [0.25, 0.3) is 0 Å². The van der Waals surface area contributed by atoms with Gasteiger partial charge >= 0.3 is 0 Å². The minimum Gasteiger partial charge on any atom is -0.473 e. The summed E-state index contributed by atoms with van der Waals surface area (Å²) in [7, 11) is 0. The van der Waals surface area contributed by atoms with Gasteiger partial charge in [-0.2, -0.15) is 0 Å².